The van der Waals surface area contributed by atoms with E-state index in [2.05, 4.69) is 16.4 Å². The molecule has 0 aliphatic carbocycles. The number of phosphoric ester groups is 1. The van der Waals surface area contributed by atoms with E-state index in [4.69, 9.17) is 19.5 Å². The van der Waals surface area contributed by atoms with E-state index in [0.29, 0.717) is 50.0 Å². The lowest BCUT2D eigenvalue weighted by Crippen LogP contribution is -2.45. The third-order valence-electron chi connectivity index (χ3n) is 8.49. The van der Waals surface area contributed by atoms with Crippen LogP contribution in [0, 0.1) is 5.82 Å². The highest BCUT2D eigenvalue weighted by Crippen LogP contribution is 2.43. The van der Waals surface area contributed by atoms with Gasteiger partial charge in [-0.25, -0.2) is 13.9 Å². The van der Waals surface area contributed by atoms with E-state index in [-0.39, 0.29) is 42.6 Å². The Morgan fingerprint density at radius 2 is 2.02 bits per heavy atom. The van der Waals surface area contributed by atoms with Crippen molar-refractivity contribution in [3.8, 4) is 11.4 Å². The number of nitrogens with one attached hydrogen (secondary N) is 1. The second kappa shape index (κ2) is 10.0. The molecule has 0 spiro atoms. The second-order valence-electron chi connectivity index (χ2n) is 11.5. The van der Waals surface area contributed by atoms with Crippen LogP contribution in [0.5, 0.6) is 0 Å². The smallest absolute Gasteiger partial charge is 0.471 e. The molecule has 41 heavy (non-hydrogen) atoms. The fourth-order valence-electron chi connectivity index (χ4n) is 5.41. The lowest BCUT2D eigenvalue weighted by molar-refractivity contribution is -0.923. The minimum atomic E-state index is -4.78. The normalized spacial score (nSPS) is 18.3. The van der Waals surface area contributed by atoms with Crippen molar-refractivity contribution in [2.24, 2.45) is 0 Å². The summed E-state index contributed by atoms with van der Waals surface area (Å²) in [5.41, 5.74) is 1.76. The molecular weight excluding hydrogens is 554 g/mol. The van der Waals surface area contributed by atoms with Gasteiger partial charge in [-0.1, -0.05) is 13.5 Å². The van der Waals surface area contributed by atoms with Gasteiger partial charge in [-0.15, -0.1) is 0 Å². The number of pyridine rings is 2. The zero-order valence-corrected chi connectivity index (χ0v) is 24.6. The van der Waals surface area contributed by atoms with Crippen LogP contribution >= 0.6 is 7.82 Å². The summed E-state index contributed by atoms with van der Waals surface area (Å²) in [6.07, 6.45) is 0.264. The number of hydrogen-bond donors (Lipinski definition) is 4. The van der Waals surface area contributed by atoms with E-state index in [9.17, 15) is 14.5 Å². The number of phosphoric acid groups is 1. The van der Waals surface area contributed by atoms with Gasteiger partial charge >= 0.3 is 7.82 Å². The molecule has 1 atom stereocenters. The number of ether oxygens (including phenoxy) is 1. The molecular formula is C28H35FN4O7P+. The molecule has 4 heterocycles. The highest BCUT2D eigenvalue weighted by atomic mass is 31.2. The third-order valence-corrected chi connectivity index (χ3v) is 8.95. The van der Waals surface area contributed by atoms with Crippen LogP contribution in [-0.2, 0) is 39.1 Å². The lowest BCUT2D eigenvalue weighted by Gasteiger charge is -2.35. The molecule has 4 N–H and O–H groups in total. The summed E-state index contributed by atoms with van der Waals surface area (Å²) < 4.78 is 39.0. The van der Waals surface area contributed by atoms with Crippen molar-refractivity contribution in [3.05, 3.63) is 69.0 Å². The number of benzene rings is 1. The molecule has 220 valence electrons. The summed E-state index contributed by atoms with van der Waals surface area (Å²) in [5, 5.41) is 14.7. The molecule has 0 saturated heterocycles. The van der Waals surface area contributed by atoms with E-state index in [0.717, 1.165) is 5.56 Å². The quantitative estimate of drug-likeness (QED) is 0.138. The fraction of sp³-hybridized carbons (Fsp3) is 0.429. The highest BCUT2D eigenvalue weighted by Gasteiger charge is 2.41. The molecule has 2 aliphatic rings. The van der Waals surface area contributed by atoms with Crippen LogP contribution in [0.1, 0.15) is 49.4 Å². The molecule has 2 aromatic heterocycles. The highest BCUT2D eigenvalue weighted by molar-refractivity contribution is 7.46. The molecule has 5 rings (SSSR count). The van der Waals surface area contributed by atoms with E-state index < -0.39 is 26.0 Å². The number of hydrogen-bond acceptors (Lipinski definition) is 7. The molecule has 1 aromatic carbocycles. The van der Waals surface area contributed by atoms with Crippen LogP contribution in [-0.4, -0.2) is 55.8 Å². The van der Waals surface area contributed by atoms with Crippen molar-refractivity contribution in [2.45, 2.75) is 58.5 Å². The number of aromatic nitrogens is 2. The topological polar surface area (TPSA) is 143 Å². The summed E-state index contributed by atoms with van der Waals surface area (Å²) >= 11 is 0. The number of anilines is 1. The van der Waals surface area contributed by atoms with Gasteiger partial charge in [0.15, 0.2) is 0 Å². The van der Waals surface area contributed by atoms with Gasteiger partial charge in [0, 0.05) is 28.1 Å². The number of rotatable bonds is 8. The van der Waals surface area contributed by atoms with E-state index >= 15 is 4.39 Å². The maximum atomic E-state index is 15.6. The van der Waals surface area contributed by atoms with Gasteiger partial charge in [-0.2, -0.15) is 0 Å². The summed E-state index contributed by atoms with van der Waals surface area (Å²) in [7, 11) is -0.772. The number of fused-ring (bicyclic) bond motifs is 5. The summed E-state index contributed by atoms with van der Waals surface area (Å²) in [5.74, 6) is -0.477. The van der Waals surface area contributed by atoms with Crippen molar-refractivity contribution in [3.63, 3.8) is 0 Å². The molecule has 0 bridgehead atoms. The first kappa shape index (κ1) is 29.4. The van der Waals surface area contributed by atoms with E-state index in [1.54, 1.807) is 17.6 Å². The van der Waals surface area contributed by atoms with Crippen LogP contribution in [0.3, 0.4) is 0 Å². The first-order chi connectivity index (χ1) is 19.1. The van der Waals surface area contributed by atoms with Crippen LogP contribution < -0.4 is 10.9 Å². The molecule has 0 saturated carbocycles. The number of quaternary nitrogens is 1. The minimum Gasteiger partial charge on any atom is -0.490 e. The van der Waals surface area contributed by atoms with Gasteiger partial charge in [0.2, 0.25) is 0 Å². The fourth-order valence-corrected chi connectivity index (χ4v) is 5.64. The monoisotopic (exact) mass is 589 g/mol. The summed E-state index contributed by atoms with van der Waals surface area (Å²) in [6, 6.07) is 5.06. The molecule has 2 aliphatic heterocycles. The van der Waals surface area contributed by atoms with Crippen LogP contribution in [0.15, 0.2) is 35.3 Å². The number of nitrogens with zero attached hydrogens (tertiary/aromatic N) is 3. The maximum Gasteiger partial charge on any atom is 0.471 e. The maximum absolute atomic E-state index is 15.6. The Morgan fingerprint density at radius 1 is 1.32 bits per heavy atom. The number of aliphatic hydroxyl groups is 1. The Kier molecular flexibility index (Phi) is 7.17. The van der Waals surface area contributed by atoms with Crippen LogP contribution in [0.2, 0.25) is 0 Å². The first-order valence-corrected chi connectivity index (χ1v) is 14.8. The second-order valence-corrected chi connectivity index (χ2v) is 12.7. The predicted molar refractivity (Wildman–Crippen MR) is 151 cm³/mol. The molecule has 0 amide bonds. The van der Waals surface area contributed by atoms with Crippen molar-refractivity contribution in [1.82, 2.24) is 9.55 Å². The Labute approximate surface area is 236 Å². The van der Waals surface area contributed by atoms with Crippen molar-refractivity contribution in [2.75, 3.05) is 26.1 Å². The van der Waals surface area contributed by atoms with E-state index in [1.165, 1.54) is 6.07 Å². The van der Waals surface area contributed by atoms with Crippen molar-refractivity contribution >= 4 is 24.4 Å². The van der Waals surface area contributed by atoms with Gasteiger partial charge in [0.1, 0.15) is 37.1 Å². The zero-order chi connectivity index (χ0) is 30.1. The molecule has 13 heteroatoms. The van der Waals surface area contributed by atoms with Gasteiger partial charge in [-0.05, 0) is 32.4 Å². The predicted octanol–water partition coefficient (Wildman–Crippen LogP) is 3.67. The molecule has 0 unspecified atom stereocenters. The molecule has 3 aromatic rings. The summed E-state index contributed by atoms with van der Waals surface area (Å²) in [4.78, 5) is 36.6. The largest absolute Gasteiger partial charge is 0.490 e. The standard InChI is InChI=1S/C28H34FN4O7P/c1-7-28(35)16(4)39-13-20-21(28)9-24-25-17(11-32(24)27(20)34)8-18-19(12-33(5,6)15(2)3)26(22(29)10-23(18)31-25)30-14-40-41(36,37)38/h8-10,15,35H,4,7,11-14H2,1-3,5-6H3,(H2-,30,34,36,37,38)/p+1/t28-/m1/s1. The molecule has 0 fully saturated rings. The van der Waals surface area contributed by atoms with Gasteiger partial charge in [-0.3, -0.25) is 9.32 Å². The van der Waals surface area contributed by atoms with E-state index in [1.807, 2.05) is 34.0 Å². The Balaban J connectivity index is 1.69. The van der Waals surface area contributed by atoms with Gasteiger partial charge < -0.3 is 34.0 Å². The molecule has 0 radical (unpaired) electrons. The van der Waals surface area contributed by atoms with Gasteiger partial charge in [0.25, 0.3) is 5.56 Å². The van der Waals surface area contributed by atoms with Crippen LogP contribution in [0.25, 0.3) is 22.3 Å². The van der Waals surface area contributed by atoms with Gasteiger partial charge in [0.05, 0.1) is 54.8 Å². The molecule has 11 nitrogen and oxygen atoms in total. The van der Waals surface area contributed by atoms with Crippen molar-refractivity contribution < 1.29 is 37.6 Å². The summed E-state index contributed by atoms with van der Waals surface area (Å²) in [6.45, 7) is 9.72. The zero-order valence-electron chi connectivity index (χ0n) is 23.7. The average molecular weight is 590 g/mol. The van der Waals surface area contributed by atoms with Crippen molar-refractivity contribution in [1.29, 1.82) is 0 Å². The minimum absolute atomic E-state index is 0.00458. The van der Waals surface area contributed by atoms with Crippen LogP contribution in [0.4, 0.5) is 10.1 Å². The lowest BCUT2D eigenvalue weighted by atomic mass is 9.84. The Hall–Kier alpha value is -3.12. The SMILES string of the molecule is C=C1OCc2c(cc3n(c2=O)Cc2cc4c(C[N+](C)(C)C(C)C)c(NCOP(=O)(O)O)c(F)cc4nc2-3)[C@@]1(O)CC. The third kappa shape index (κ3) is 4.98. The average Bonchev–Trinajstić information content (AvgIpc) is 3.24. The Morgan fingerprint density at radius 3 is 2.66 bits per heavy atom. The first-order valence-electron chi connectivity index (χ1n) is 13.3. The number of halogens is 1. The Bertz CT molecular complexity index is 1700.